The van der Waals surface area contributed by atoms with E-state index < -0.39 is 0 Å². The smallest absolute Gasteiger partial charge is 0.193 e. The van der Waals surface area contributed by atoms with E-state index in [0.717, 1.165) is 44.4 Å². The summed E-state index contributed by atoms with van der Waals surface area (Å²) in [4.78, 5) is 6.63. The van der Waals surface area contributed by atoms with Crippen LogP contribution in [0.2, 0.25) is 0 Å². The highest BCUT2D eigenvalue weighted by molar-refractivity contribution is 14.0. The van der Waals surface area contributed by atoms with Crippen molar-refractivity contribution < 1.29 is 0 Å². The summed E-state index contributed by atoms with van der Waals surface area (Å²) in [5.41, 5.74) is 0. The fourth-order valence-electron chi connectivity index (χ4n) is 2.29. The van der Waals surface area contributed by atoms with Crippen molar-refractivity contribution in [1.29, 1.82) is 0 Å². The van der Waals surface area contributed by atoms with Crippen LogP contribution < -0.4 is 5.32 Å². The van der Waals surface area contributed by atoms with Gasteiger partial charge in [0, 0.05) is 39.6 Å². The van der Waals surface area contributed by atoms with Crippen molar-refractivity contribution >= 4 is 29.9 Å². The third-order valence-electron chi connectivity index (χ3n) is 3.27. The monoisotopic (exact) mass is 378 g/mol. The second kappa shape index (κ2) is 8.34. The largest absolute Gasteiger partial charge is 0.354 e. The summed E-state index contributed by atoms with van der Waals surface area (Å²) in [6.45, 7) is 6.06. The zero-order valence-corrected chi connectivity index (χ0v) is 14.0. The van der Waals surface area contributed by atoms with Crippen LogP contribution in [0.3, 0.4) is 0 Å². The van der Waals surface area contributed by atoms with Crippen LogP contribution in [0.5, 0.6) is 0 Å². The van der Waals surface area contributed by atoms with Gasteiger partial charge in [0.1, 0.15) is 12.2 Å². The van der Waals surface area contributed by atoms with Crippen LogP contribution >= 0.6 is 24.0 Å². The Morgan fingerprint density at radius 1 is 1.42 bits per heavy atom. The van der Waals surface area contributed by atoms with Crippen LogP contribution in [0.15, 0.2) is 11.3 Å². The van der Waals surface area contributed by atoms with Crippen molar-refractivity contribution in [3.05, 3.63) is 12.2 Å². The third-order valence-corrected chi connectivity index (χ3v) is 3.27. The van der Waals surface area contributed by atoms with Gasteiger partial charge < -0.3 is 14.8 Å². The topological polar surface area (TPSA) is 58.3 Å². The number of aromatic nitrogens is 3. The number of halogens is 1. The number of rotatable bonds is 4. The van der Waals surface area contributed by atoms with Gasteiger partial charge in [-0.1, -0.05) is 6.92 Å². The van der Waals surface area contributed by atoms with Gasteiger partial charge in [-0.25, -0.2) is 0 Å². The van der Waals surface area contributed by atoms with Gasteiger partial charge in [-0.15, -0.1) is 34.2 Å². The minimum Gasteiger partial charge on any atom is -0.354 e. The summed E-state index contributed by atoms with van der Waals surface area (Å²) in [6, 6.07) is 0. The molecule has 0 saturated carbocycles. The predicted octanol–water partition coefficient (Wildman–Crippen LogP) is 1.13. The Morgan fingerprint density at radius 3 is 2.79 bits per heavy atom. The maximum absolute atomic E-state index is 4.32. The molecule has 0 aliphatic carbocycles. The average Bonchev–Trinajstić information content (AvgIpc) is 3.05. The van der Waals surface area contributed by atoms with Crippen LogP contribution in [0.4, 0.5) is 0 Å². The number of hydrogen-bond acceptors (Lipinski definition) is 3. The molecule has 2 rings (SSSR count). The number of aliphatic imine (C=N–C) groups is 1. The lowest BCUT2D eigenvalue weighted by Crippen LogP contribution is -2.40. The lowest BCUT2D eigenvalue weighted by Gasteiger charge is -2.20. The van der Waals surface area contributed by atoms with Crippen LogP contribution in [-0.2, 0) is 13.0 Å². The molecule has 19 heavy (non-hydrogen) atoms. The van der Waals surface area contributed by atoms with Gasteiger partial charge in [0.15, 0.2) is 5.96 Å². The molecule has 0 spiro atoms. The molecule has 2 heterocycles. The minimum absolute atomic E-state index is 0. The lowest BCUT2D eigenvalue weighted by molar-refractivity contribution is 0.488. The molecule has 0 bridgehead atoms. The van der Waals surface area contributed by atoms with Gasteiger partial charge in [0.2, 0.25) is 0 Å². The minimum atomic E-state index is 0. The van der Waals surface area contributed by atoms with Crippen molar-refractivity contribution in [3.8, 4) is 0 Å². The molecule has 0 amide bonds. The Balaban J connectivity index is 0.00000180. The first-order valence-electron chi connectivity index (χ1n) is 6.67. The number of aryl methyl sites for hydroxylation is 1. The van der Waals surface area contributed by atoms with Crippen LogP contribution in [-0.4, -0.2) is 52.3 Å². The Hall–Kier alpha value is -0.860. The molecule has 0 atom stereocenters. The second-order valence-corrected chi connectivity index (χ2v) is 4.46. The molecule has 1 aliphatic heterocycles. The van der Waals surface area contributed by atoms with Crippen molar-refractivity contribution in [3.63, 3.8) is 0 Å². The molecule has 7 heteroatoms. The van der Waals surface area contributed by atoms with Gasteiger partial charge in [-0.2, -0.15) is 0 Å². The lowest BCUT2D eigenvalue weighted by atomic mass is 10.4. The van der Waals surface area contributed by atoms with Crippen LogP contribution in [0, 0.1) is 0 Å². The summed E-state index contributed by atoms with van der Waals surface area (Å²) in [5.74, 6) is 2.05. The summed E-state index contributed by atoms with van der Waals surface area (Å²) in [7, 11) is 1.84. The Bertz CT molecular complexity index is 397. The van der Waals surface area contributed by atoms with E-state index in [1.165, 1.54) is 12.8 Å². The number of likely N-dealkylation sites (tertiary alicyclic amines) is 1. The fourth-order valence-corrected chi connectivity index (χ4v) is 2.29. The fraction of sp³-hybridized carbons (Fsp3) is 0.750. The number of guanidine groups is 1. The first-order valence-corrected chi connectivity index (χ1v) is 6.67. The highest BCUT2D eigenvalue weighted by Gasteiger charge is 2.15. The molecule has 1 aromatic rings. The molecule has 0 radical (unpaired) electrons. The van der Waals surface area contributed by atoms with E-state index >= 15 is 0 Å². The Morgan fingerprint density at radius 2 is 2.16 bits per heavy atom. The summed E-state index contributed by atoms with van der Waals surface area (Å²) < 4.78 is 2.09. The zero-order chi connectivity index (χ0) is 12.8. The van der Waals surface area contributed by atoms with Crippen molar-refractivity contribution in [2.45, 2.75) is 32.7 Å². The van der Waals surface area contributed by atoms with E-state index in [-0.39, 0.29) is 24.0 Å². The molecule has 1 fully saturated rings. The third kappa shape index (κ3) is 4.32. The molecular formula is C12H23IN6. The molecular weight excluding hydrogens is 355 g/mol. The molecule has 6 nitrogen and oxygen atoms in total. The van der Waals surface area contributed by atoms with E-state index in [1.807, 2.05) is 7.05 Å². The SMILES string of the molecule is CCc1nncn1CCNC(=NC)N1CCCC1.I. The van der Waals surface area contributed by atoms with E-state index in [2.05, 4.69) is 36.9 Å². The van der Waals surface area contributed by atoms with E-state index in [4.69, 9.17) is 0 Å². The molecule has 1 aliphatic rings. The van der Waals surface area contributed by atoms with Gasteiger partial charge in [0.25, 0.3) is 0 Å². The van der Waals surface area contributed by atoms with Crippen molar-refractivity contribution in [2.75, 3.05) is 26.7 Å². The second-order valence-electron chi connectivity index (χ2n) is 4.46. The van der Waals surface area contributed by atoms with E-state index in [1.54, 1.807) is 6.33 Å². The molecule has 0 unspecified atom stereocenters. The predicted molar refractivity (Wildman–Crippen MR) is 87.0 cm³/mol. The molecule has 1 N–H and O–H groups in total. The van der Waals surface area contributed by atoms with Crippen molar-refractivity contribution in [2.24, 2.45) is 4.99 Å². The Kier molecular flexibility index (Phi) is 7.11. The molecule has 1 saturated heterocycles. The molecule has 1 aromatic heterocycles. The summed E-state index contributed by atoms with van der Waals surface area (Å²) in [6.07, 6.45) is 5.25. The highest BCUT2D eigenvalue weighted by Crippen LogP contribution is 2.07. The number of nitrogens with one attached hydrogen (secondary N) is 1. The number of hydrogen-bond donors (Lipinski definition) is 1. The first kappa shape index (κ1) is 16.2. The van der Waals surface area contributed by atoms with Gasteiger partial charge in [-0.3, -0.25) is 4.99 Å². The van der Waals surface area contributed by atoms with Crippen LogP contribution in [0.25, 0.3) is 0 Å². The standard InChI is InChI=1S/C12H22N6.HI/c1-3-11-16-15-10-18(11)9-6-14-12(13-2)17-7-4-5-8-17;/h10H,3-9H2,1-2H3,(H,13,14);1H. The zero-order valence-electron chi connectivity index (χ0n) is 11.7. The maximum atomic E-state index is 4.32. The normalized spacial score (nSPS) is 15.5. The van der Waals surface area contributed by atoms with E-state index in [0.29, 0.717) is 0 Å². The quantitative estimate of drug-likeness (QED) is 0.485. The maximum Gasteiger partial charge on any atom is 0.193 e. The van der Waals surface area contributed by atoms with Gasteiger partial charge >= 0.3 is 0 Å². The first-order chi connectivity index (χ1) is 8.85. The van der Waals surface area contributed by atoms with Crippen LogP contribution in [0.1, 0.15) is 25.6 Å². The molecule has 0 aromatic carbocycles. The van der Waals surface area contributed by atoms with Crippen molar-refractivity contribution in [1.82, 2.24) is 25.0 Å². The van der Waals surface area contributed by atoms with Gasteiger partial charge in [-0.05, 0) is 12.8 Å². The highest BCUT2D eigenvalue weighted by atomic mass is 127. The molecule has 108 valence electrons. The summed E-state index contributed by atoms with van der Waals surface area (Å²) >= 11 is 0. The Labute approximate surface area is 131 Å². The van der Waals surface area contributed by atoms with Gasteiger partial charge in [0.05, 0.1) is 0 Å². The number of nitrogens with zero attached hydrogens (tertiary/aromatic N) is 5. The van der Waals surface area contributed by atoms with E-state index in [9.17, 15) is 0 Å². The average molecular weight is 378 g/mol. The summed E-state index contributed by atoms with van der Waals surface area (Å²) in [5, 5.41) is 11.4.